The van der Waals surface area contributed by atoms with Gasteiger partial charge >= 0.3 is 0 Å². The predicted molar refractivity (Wildman–Crippen MR) is 92.1 cm³/mol. The molecular weight excluding hydrogens is 311 g/mol. The van der Waals surface area contributed by atoms with Crippen LogP contribution < -0.4 is 5.32 Å². The molecule has 1 fully saturated rings. The van der Waals surface area contributed by atoms with Crippen molar-refractivity contribution in [1.29, 1.82) is 0 Å². The highest BCUT2D eigenvalue weighted by atomic mass is 32.1. The second-order valence-electron chi connectivity index (χ2n) is 6.34. The highest BCUT2D eigenvalue weighted by Gasteiger charge is 2.23. The van der Waals surface area contributed by atoms with Crippen LogP contribution in [0.4, 0.5) is 4.39 Å². The number of aryl methyl sites for hydroxylation is 1. The molecule has 0 bridgehead atoms. The molecule has 1 atom stereocenters. The monoisotopic (exact) mass is 334 g/mol. The Morgan fingerprint density at radius 2 is 1.96 bits per heavy atom. The van der Waals surface area contributed by atoms with E-state index in [1.54, 1.807) is 23.5 Å². The van der Waals surface area contributed by atoms with Crippen molar-refractivity contribution in [2.75, 3.05) is 0 Å². The molecule has 0 saturated heterocycles. The molecule has 23 heavy (non-hydrogen) atoms. The van der Waals surface area contributed by atoms with E-state index < -0.39 is 0 Å². The maximum absolute atomic E-state index is 14.0. The first-order valence-electron chi connectivity index (χ1n) is 8.21. The number of aliphatic hydroxyl groups excluding tert-OH is 1. The van der Waals surface area contributed by atoms with Crippen molar-refractivity contribution in [3.63, 3.8) is 0 Å². The zero-order valence-corrected chi connectivity index (χ0v) is 14.4. The number of rotatable bonds is 4. The Hall–Kier alpha value is -1.30. The second kappa shape index (κ2) is 7.07. The van der Waals surface area contributed by atoms with Crippen LogP contribution in [0.1, 0.15) is 49.2 Å². The minimum atomic E-state index is -0.227. The Morgan fingerprint density at radius 1 is 1.26 bits per heavy atom. The summed E-state index contributed by atoms with van der Waals surface area (Å²) >= 11 is 1.56. The molecule has 0 radical (unpaired) electrons. The Balaban J connectivity index is 1.74. The summed E-state index contributed by atoms with van der Waals surface area (Å²) in [5.74, 6) is -0.227. The number of halogens is 1. The van der Waals surface area contributed by atoms with Crippen molar-refractivity contribution in [3.8, 4) is 10.6 Å². The van der Waals surface area contributed by atoms with E-state index >= 15 is 0 Å². The van der Waals surface area contributed by atoms with E-state index in [9.17, 15) is 9.50 Å². The molecule has 0 aliphatic heterocycles. The number of benzene rings is 1. The molecule has 5 heteroatoms. The molecule has 2 aromatic rings. The summed E-state index contributed by atoms with van der Waals surface area (Å²) in [6.07, 6.45) is 3.60. The molecule has 1 unspecified atom stereocenters. The first kappa shape index (κ1) is 16.6. The fourth-order valence-corrected chi connectivity index (χ4v) is 4.34. The number of hydrogen-bond donors (Lipinski definition) is 2. The maximum Gasteiger partial charge on any atom is 0.133 e. The first-order valence-corrected chi connectivity index (χ1v) is 9.02. The first-order chi connectivity index (χ1) is 11.0. The normalized spacial score (nSPS) is 23.0. The summed E-state index contributed by atoms with van der Waals surface area (Å²) in [6.45, 7) is 4.12. The van der Waals surface area contributed by atoms with Gasteiger partial charge in [-0.05, 0) is 51.7 Å². The molecule has 0 spiro atoms. The van der Waals surface area contributed by atoms with Gasteiger partial charge in [0.15, 0.2) is 0 Å². The van der Waals surface area contributed by atoms with Crippen LogP contribution in [0.3, 0.4) is 0 Å². The van der Waals surface area contributed by atoms with Gasteiger partial charge in [0.2, 0.25) is 0 Å². The molecule has 124 valence electrons. The lowest BCUT2D eigenvalue weighted by molar-refractivity contribution is 0.114. The summed E-state index contributed by atoms with van der Waals surface area (Å²) in [6, 6.07) is 7.41. The number of aromatic nitrogens is 1. The lowest BCUT2D eigenvalue weighted by atomic mass is 9.92. The van der Waals surface area contributed by atoms with Crippen molar-refractivity contribution in [1.82, 2.24) is 10.3 Å². The lowest BCUT2D eigenvalue weighted by Gasteiger charge is -2.28. The van der Waals surface area contributed by atoms with Crippen molar-refractivity contribution < 1.29 is 9.50 Å². The fraction of sp³-hybridized carbons (Fsp3) is 0.500. The van der Waals surface area contributed by atoms with Crippen LogP contribution in [0.25, 0.3) is 10.6 Å². The van der Waals surface area contributed by atoms with Gasteiger partial charge in [0.05, 0.1) is 11.8 Å². The number of thiazole rings is 1. The summed E-state index contributed by atoms with van der Waals surface area (Å²) < 4.78 is 14.0. The smallest absolute Gasteiger partial charge is 0.133 e. The molecule has 1 aromatic heterocycles. The van der Waals surface area contributed by atoms with Crippen molar-refractivity contribution in [2.45, 2.75) is 57.7 Å². The van der Waals surface area contributed by atoms with Crippen LogP contribution in [0.2, 0.25) is 0 Å². The van der Waals surface area contributed by atoms with Crippen LogP contribution in [0.15, 0.2) is 24.3 Å². The average Bonchev–Trinajstić information content (AvgIpc) is 2.92. The van der Waals surface area contributed by atoms with Gasteiger partial charge in [-0.25, -0.2) is 9.37 Å². The molecule has 0 amide bonds. The van der Waals surface area contributed by atoms with Crippen LogP contribution in [0.5, 0.6) is 0 Å². The highest BCUT2D eigenvalue weighted by Crippen LogP contribution is 2.33. The Labute approximate surface area is 140 Å². The Bertz CT molecular complexity index is 665. The van der Waals surface area contributed by atoms with Crippen molar-refractivity contribution in [3.05, 3.63) is 40.7 Å². The standard InChI is InChI=1S/C18H23FN2OS/c1-11(20-13-7-9-14(22)10-8-13)17-12(2)21-18(23-17)15-5-3-4-6-16(15)19/h3-6,11,13-14,20,22H,7-10H2,1-2H3. The third kappa shape index (κ3) is 3.79. The summed E-state index contributed by atoms with van der Waals surface area (Å²) in [4.78, 5) is 5.73. The number of hydrogen-bond acceptors (Lipinski definition) is 4. The van der Waals surface area contributed by atoms with E-state index in [1.807, 2.05) is 13.0 Å². The summed E-state index contributed by atoms with van der Waals surface area (Å²) in [5.41, 5.74) is 1.53. The van der Waals surface area contributed by atoms with Crippen LogP contribution in [-0.4, -0.2) is 22.2 Å². The van der Waals surface area contributed by atoms with Crippen LogP contribution in [-0.2, 0) is 0 Å². The number of nitrogens with zero attached hydrogens (tertiary/aromatic N) is 1. The molecule has 2 N–H and O–H groups in total. The lowest BCUT2D eigenvalue weighted by Crippen LogP contribution is -2.36. The molecular formula is C18H23FN2OS. The molecule has 1 saturated carbocycles. The minimum Gasteiger partial charge on any atom is -0.393 e. The van der Waals surface area contributed by atoms with E-state index in [4.69, 9.17) is 0 Å². The van der Waals surface area contributed by atoms with Gasteiger partial charge < -0.3 is 10.4 Å². The topological polar surface area (TPSA) is 45.2 Å². The van der Waals surface area contributed by atoms with E-state index in [0.29, 0.717) is 11.6 Å². The van der Waals surface area contributed by atoms with Crippen molar-refractivity contribution in [2.24, 2.45) is 0 Å². The van der Waals surface area contributed by atoms with Crippen LogP contribution >= 0.6 is 11.3 Å². The molecule has 1 aliphatic rings. The second-order valence-corrected chi connectivity index (χ2v) is 7.37. The van der Waals surface area contributed by atoms with Crippen LogP contribution in [0, 0.1) is 12.7 Å². The summed E-state index contributed by atoms with van der Waals surface area (Å²) in [5, 5.41) is 14.0. The van der Waals surface area contributed by atoms with E-state index in [0.717, 1.165) is 41.3 Å². The Morgan fingerprint density at radius 3 is 2.65 bits per heavy atom. The van der Waals surface area contributed by atoms with Gasteiger partial charge in [-0.2, -0.15) is 0 Å². The average molecular weight is 334 g/mol. The number of nitrogens with one attached hydrogen (secondary N) is 1. The van der Waals surface area contributed by atoms with Gasteiger partial charge in [-0.1, -0.05) is 12.1 Å². The molecule has 1 aromatic carbocycles. The molecule has 3 nitrogen and oxygen atoms in total. The fourth-order valence-electron chi connectivity index (χ4n) is 3.23. The molecule has 3 rings (SSSR count). The van der Waals surface area contributed by atoms with Gasteiger partial charge in [0, 0.05) is 22.5 Å². The maximum atomic E-state index is 14.0. The quantitative estimate of drug-likeness (QED) is 0.880. The minimum absolute atomic E-state index is 0.138. The number of aliphatic hydroxyl groups is 1. The zero-order valence-electron chi connectivity index (χ0n) is 13.6. The predicted octanol–water partition coefficient (Wildman–Crippen LogP) is 4.21. The van der Waals surface area contributed by atoms with Gasteiger partial charge in [0.1, 0.15) is 10.8 Å². The third-order valence-electron chi connectivity index (χ3n) is 4.51. The van der Waals surface area contributed by atoms with Gasteiger partial charge in [-0.3, -0.25) is 0 Å². The van der Waals surface area contributed by atoms with Gasteiger partial charge in [0.25, 0.3) is 0 Å². The van der Waals surface area contributed by atoms with E-state index in [-0.39, 0.29) is 18.0 Å². The van der Waals surface area contributed by atoms with E-state index in [2.05, 4.69) is 17.2 Å². The highest BCUT2D eigenvalue weighted by molar-refractivity contribution is 7.15. The third-order valence-corrected chi connectivity index (χ3v) is 5.89. The largest absolute Gasteiger partial charge is 0.393 e. The Kier molecular flexibility index (Phi) is 5.09. The van der Waals surface area contributed by atoms with Gasteiger partial charge in [-0.15, -0.1) is 11.3 Å². The SMILES string of the molecule is Cc1nc(-c2ccccc2F)sc1C(C)NC1CCC(O)CC1. The summed E-state index contributed by atoms with van der Waals surface area (Å²) in [7, 11) is 0. The molecule has 1 heterocycles. The molecule has 1 aliphatic carbocycles. The van der Waals surface area contributed by atoms with Crippen molar-refractivity contribution >= 4 is 11.3 Å². The zero-order chi connectivity index (χ0) is 16.4. The van der Waals surface area contributed by atoms with E-state index in [1.165, 1.54) is 6.07 Å².